The molecule has 15 heavy (non-hydrogen) atoms. The van der Waals surface area contributed by atoms with Crippen molar-refractivity contribution in [1.82, 2.24) is 4.90 Å². The van der Waals surface area contributed by atoms with Crippen molar-refractivity contribution in [3.8, 4) is 5.75 Å². The van der Waals surface area contributed by atoms with Crippen LogP contribution in [0.3, 0.4) is 0 Å². The molecule has 1 unspecified atom stereocenters. The molecule has 1 heterocycles. The number of anilines is 1. The van der Waals surface area contributed by atoms with Crippen molar-refractivity contribution in [2.24, 2.45) is 0 Å². The molecule has 1 aliphatic rings. The Morgan fingerprint density at radius 2 is 2.13 bits per heavy atom. The number of hydrogen-bond donors (Lipinski definition) is 1. The standard InChI is InChI=1S/C12H18N2O/c13-11-3-5-12(6-4-11)15-10-9-14-7-1-2-8-14/h3-6H,1-2,7-10,13H2/i7D. The quantitative estimate of drug-likeness (QED) is 0.764. The second-order valence-electron chi connectivity index (χ2n) is 3.78. The van der Waals surface area contributed by atoms with Crippen LogP contribution in [0.25, 0.3) is 0 Å². The van der Waals surface area contributed by atoms with E-state index in [9.17, 15) is 0 Å². The first kappa shape index (κ1) is 9.04. The molecule has 1 saturated heterocycles. The Bertz CT molecular complexity index is 328. The number of rotatable bonds is 4. The lowest BCUT2D eigenvalue weighted by atomic mass is 10.3. The summed E-state index contributed by atoms with van der Waals surface area (Å²) in [6.07, 6.45) is 2.12. The second kappa shape index (κ2) is 5.03. The van der Waals surface area contributed by atoms with Crippen LogP contribution in [-0.4, -0.2) is 31.1 Å². The fraction of sp³-hybridized carbons (Fsp3) is 0.500. The van der Waals surface area contributed by atoms with E-state index < -0.39 is 0 Å². The van der Waals surface area contributed by atoms with E-state index in [1.54, 1.807) is 0 Å². The van der Waals surface area contributed by atoms with Gasteiger partial charge in [0.25, 0.3) is 0 Å². The Labute approximate surface area is 92.2 Å². The maximum atomic E-state index is 7.75. The zero-order chi connectivity index (χ0) is 11.4. The molecule has 1 aromatic carbocycles. The van der Waals surface area contributed by atoms with Crippen LogP contribution in [0.4, 0.5) is 5.69 Å². The Balaban J connectivity index is 1.73. The van der Waals surface area contributed by atoms with Gasteiger partial charge in [-0.3, -0.25) is 4.90 Å². The number of nitrogens with two attached hydrogens (primary N) is 1. The largest absolute Gasteiger partial charge is 0.492 e. The normalized spacial score (nSPS) is 22.7. The zero-order valence-electron chi connectivity index (χ0n) is 9.86. The number of hydrogen-bond acceptors (Lipinski definition) is 3. The van der Waals surface area contributed by atoms with Crippen LogP contribution < -0.4 is 10.5 Å². The fourth-order valence-corrected chi connectivity index (χ4v) is 1.71. The van der Waals surface area contributed by atoms with E-state index in [1.165, 1.54) is 0 Å². The lowest BCUT2D eigenvalue weighted by Crippen LogP contribution is -2.25. The summed E-state index contributed by atoms with van der Waals surface area (Å²) in [5.74, 6) is 0.843. The average molecular weight is 207 g/mol. The van der Waals surface area contributed by atoms with Crippen LogP contribution >= 0.6 is 0 Å². The third kappa shape index (κ3) is 3.13. The van der Waals surface area contributed by atoms with Crippen molar-refractivity contribution in [3.63, 3.8) is 0 Å². The zero-order valence-corrected chi connectivity index (χ0v) is 8.86. The van der Waals surface area contributed by atoms with Crippen molar-refractivity contribution in [1.29, 1.82) is 0 Å². The van der Waals surface area contributed by atoms with Gasteiger partial charge in [-0.1, -0.05) is 0 Å². The first-order valence-corrected chi connectivity index (χ1v) is 5.40. The summed E-state index contributed by atoms with van der Waals surface area (Å²) in [7, 11) is 0. The molecule has 0 saturated carbocycles. The van der Waals surface area contributed by atoms with Gasteiger partial charge in [0, 0.05) is 13.6 Å². The van der Waals surface area contributed by atoms with Gasteiger partial charge in [0.15, 0.2) is 0 Å². The number of nitrogen functional groups attached to an aromatic ring is 1. The van der Waals surface area contributed by atoms with Crippen LogP contribution in [0.2, 0.25) is 0 Å². The maximum absolute atomic E-state index is 7.75. The SMILES string of the molecule is [2H]C1CCCN1CCOc1ccc(N)cc1. The van der Waals surface area contributed by atoms with Crippen LogP contribution in [-0.2, 0) is 0 Å². The van der Waals surface area contributed by atoms with E-state index in [4.69, 9.17) is 11.8 Å². The minimum atomic E-state index is -0.0324. The van der Waals surface area contributed by atoms with Crippen LogP contribution in [0, 0.1) is 0 Å². The molecule has 82 valence electrons. The molecule has 2 rings (SSSR count). The maximum Gasteiger partial charge on any atom is 0.119 e. The summed E-state index contributed by atoms with van der Waals surface area (Å²) < 4.78 is 13.3. The Morgan fingerprint density at radius 3 is 2.80 bits per heavy atom. The highest BCUT2D eigenvalue weighted by molar-refractivity contribution is 5.41. The summed E-state index contributed by atoms with van der Waals surface area (Å²) in [5, 5.41) is 0. The summed E-state index contributed by atoms with van der Waals surface area (Å²) in [6.45, 7) is 2.46. The van der Waals surface area contributed by atoms with E-state index in [0.29, 0.717) is 6.61 Å². The molecule has 1 aliphatic heterocycles. The average Bonchev–Trinajstić information content (AvgIpc) is 2.68. The number of likely N-dealkylation sites (tertiary alicyclic amines) is 1. The molecule has 2 N–H and O–H groups in total. The van der Waals surface area contributed by atoms with Crippen molar-refractivity contribution in [2.75, 3.05) is 32.0 Å². The highest BCUT2D eigenvalue weighted by Gasteiger charge is 2.10. The molecule has 0 bridgehead atoms. The lowest BCUT2D eigenvalue weighted by Gasteiger charge is -2.14. The van der Waals surface area contributed by atoms with Gasteiger partial charge < -0.3 is 10.5 Å². The molecule has 0 spiro atoms. The van der Waals surface area contributed by atoms with Crippen LogP contribution in [0.1, 0.15) is 14.2 Å². The molecule has 0 aromatic heterocycles. The third-order valence-electron chi connectivity index (χ3n) is 2.56. The summed E-state index contributed by atoms with van der Waals surface area (Å²) in [4.78, 5) is 2.15. The van der Waals surface area contributed by atoms with Gasteiger partial charge in [0.1, 0.15) is 12.4 Å². The highest BCUT2D eigenvalue weighted by atomic mass is 16.5. The first-order valence-electron chi connectivity index (χ1n) is 5.98. The van der Waals surface area contributed by atoms with Gasteiger partial charge in [-0.2, -0.15) is 0 Å². The molecule has 0 radical (unpaired) electrons. The summed E-state index contributed by atoms with van der Waals surface area (Å²) in [5.41, 5.74) is 6.33. The first-order chi connectivity index (χ1) is 7.75. The van der Waals surface area contributed by atoms with Gasteiger partial charge in [0.05, 0.1) is 0 Å². The highest BCUT2D eigenvalue weighted by Crippen LogP contribution is 2.13. The van der Waals surface area contributed by atoms with Gasteiger partial charge in [-0.25, -0.2) is 0 Å². The topological polar surface area (TPSA) is 38.5 Å². The molecule has 1 aromatic rings. The van der Waals surface area contributed by atoms with E-state index in [0.717, 1.165) is 37.4 Å². The van der Waals surface area contributed by atoms with Crippen LogP contribution in [0.5, 0.6) is 5.75 Å². The molecular formula is C12H18N2O. The molecule has 0 aliphatic carbocycles. The molecule has 1 atom stereocenters. The predicted molar refractivity (Wildman–Crippen MR) is 62.0 cm³/mol. The van der Waals surface area contributed by atoms with Gasteiger partial charge in [0.2, 0.25) is 0 Å². The Kier molecular flexibility index (Phi) is 3.03. The predicted octanol–water partition coefficient (Wildman–Crippen LogP) is 1.74. The number of benzene rings is 1. The van der Waals surface area contributed by atoms with Crippen LogP contribution in [0.15, 0.2) is 24.3 Å². The van der Waals surface area contributed by atoms with Crippen molar-refractivity contribution in [3.05, 3.63) is 24.3 Å². The van der Waals surface area contributed by atoms with E-state index >= 15 is 0 Å². The van der Waals surface area contributed by atoms with Crippen molar-refractivity contribution >= 4 is 5.69 Å². The molecule has 3 nitrogen and oxygen atoms in total. The Morgan fingerprint density at radius 1 is 1.33 bits per heavy atom. The van der Waals surface area contributed by atoms with Crippen molar-refractivity contribution in [2.45, 2.75) is 12.8 Å². The summed E-state index contributed by atoms with van der Waals surface area (Å²) >= 11 is 0. The Hall–Kier alpha value is -1.22. The van der Waals surface area contributed by atoms with Gasteiger partial charge in [-0.15, -0.1) is 0 Å². The third-order valence-corrected chi connectivity index (χ3v) is 2.56. The second-order valence-corrected chi connectivity index (χ2v) is 3.78. The number of ether oxygens (including phenoxy) is 1. The molecule has 0 amide bonds. The monoisotopic (exact) mass is 207 g/mol. The van der Waals surface area contributed by atoms with E-state index in [1.807, 2.05) is 24.3 Å². The minimum absolute atomic E-state index is 0.0324. The van der Waals surface area contributed by atoms with Gasteiger partial charge >= 0.3 is 0 Å². The van der Waals surface area contributed by atoms with Gasteiger partial charge in [-0.05, 0) is 50.2 Å². The minimum Gasteiger partial charge on any atom is -0.492 e. The van der Waals surface area contributed by atoms with Crippen molar-refractivity contribution < 1.29 is 6.11 Å². The lowest BCUT2D eigenvalue weighted by molar-refractivity contribution is 0.238. The smallest absolute Gasteiger partial charge is 0.119 e. The van der Waals surface area contributed by atoms with E-state index in [-0.39, 0.29) is 6.52 Å². The van der Waals surface area contributed by atoms with E-state index in [2.05, 4.69) is 4.90 Å². The summed E-state index contributed by atoms with van der Waals surface area (Å²) in [6, 6.07) is 7.41. The number of nitrogens with zero attached hydrogens (tertiary/aromatic N) is 1. The molecule has 1 fully saturated rings. The fourth-order valence-electron chi connectivity index (χ4n) is 1.71. The molecule has 3 heteroatoms. The molecular weight excluding hydrogens is 188 g/mol.